The molecule has 0 saturated heterocycles. The average Bonchev–Trinajstić information content (AvgIpc) is 1.64. The normalized spacial score (nSPS) is 8.50. The van der Waals surface area contributed by atoms with Crippen molar-refractivity contribution in [3.05, 3.63) is 0 Å². The molecule has 0 fully saturated rings. The van der Waals surface area contributed by atoms with Gasteiger partial charge >= 0.3 is 6.03 Å². The van der Waals surface area contributed by atoms with Crippen LogP contribution in [0.2, 0.25) is 0 Å². The monoisotopic (exact) mass is 122 g/mol. The lowest BCUT2D eigenvalue weighted by molar-refractivity contribution is -0.275. The van der Waals surface area contributed by atoms with Gasteiger partial charge in [0.1, 0.15) is 0 Å². The summed E-state index contributed by atoms with van der Waals surface area (Å²) in [6.07, 6.45) is 0. The SMILES string of the molecule is CN(O)C(=O)N(O)O. The first-order chi connectivity index (χ1) is 3.55. The van der Waals surface area contributed by atoms with E-state index < -0.39 is 11.3 Å². The van der Waals surface area contributed by atoms with Gasteiger partial charge in [-0.05, 0) is 0 Å². The molecule has 0 radical (unpaired) electrons. The average molecular weight is 122 g/mol. The lowest BCUT2D eigenvalue weighted by atomic mass is 11.0. The van der Waals surface area contributed by atoms with Crippen LogP contribution in [0.25, 0.3) is 0 Å². The summed E-state index contributed by atoms with van der Waals surface area (Å²) in [7, 11) is 0.960. The standard InChI is InChI=1S/C2H6N2O4/c1-3(6)2(5)4(7)8/h6-8H,1H3. The molecule has 48 valence electrons. The maximum Gasteiger partial charge on any atom is 0.392 e. The van der Waals surface area contributed by atoms with Gasteiger partial charge in [0, 0.05) is 7.05 Å². The van der Waals surface area contributed by atoms with Crippen LogP contribution in [0.5, 0.6) is 0 Å². The number of hydrogen-bond donors (Lipinski definition) is 3. The number of amides is 2. The van der Waals surface area contributed by atoms with Crippen molar-refractivity contribution in [3.63, 3.8) is 0 Å². The second-order valence-corrected chi connectivity index (χ2v) is 1.10. The summed E-state index contributed by atoms with van der Waals surface area (Å²) < 4.78 is 0. The van der Waals surface area contributed by atoms with E-state index in [-0.39, 0.29) is 5.06 Å². The Morgan fingerprint density at radius 1 is 1.38 bits per heavy atom. The Kier molecular flexibility index (Phi) is 2.19. The fraction of sp³-hybridized carbons (Fsp3) is 0.500. The third-order valence-electron chi connectivity index (χ3n) is 0.448. The van der Waals surface area contributed by atoms with E-state index in [0.29, 0.717) is 0 Å². The zero-order valence-corrected chi connectivity index (χ0v) is 4.14. The molecule has 6 nitrogen and oxygen atoms in total. The van der Waals surface area contributed by atoms with Crippen molar-refractivity contribution in [2.75, 3.05) is 7.05 Å². The van der Waals surface area contributed by atoms with Crippen molar-refractivity contribution in [3.8, 4) is 0 Å². The van der Waals surface area contributed by atoms with Gasteiger partial charge in [-0.2, -0.15) is 0 Å². The van der Waals surface area contributed by atoms with Crippen LogP contribution in [0.4, 0.5) is 4.79 Å². The smallest absolute Gasteiger partial charge is 0.285 e. The molecule has 0 aromatic carbocycles. The number of nitrogens with zero attached hydrogens (tertiary/aromatic N) is 2. The quantitative estimate of drug-likeness (QED) is 0.299. The predicted molar refractivity (Wildman–Crippen MR) is 20.4 cm³/mol. The summed E-state index contributed by atoms with van der Waals surface area (Å²) in [6.45, 7) is 0. The van der Waals surface area contributed by atoms with E-state index in [0.717, 1.165) is 7.05 Å². The van der Waals surface area contributed by atoms with Crippen molar-refractivity contribution < 1.29 is 20.4 Å². The molecule has 0 aliphatic rings. The number of carbonyl (C=O) groups excluding carboxylic acids is 1. The first kappa shape index (κ1) is 7.15. The lowest BCUT2D eigenvalue weighted by Gasteiger charge is -2.09. The maximum absolute atomic E-state index is 9.94. The molecule has 0 bridgehead atoms. The highest BCUT2D eigenvalue weighted by atomic mass is 16.8. The van der Waals surface area contributed by atoms with Crippen LogP contribution in [0, 0.1) is 0 Å². The number of hydroxylamine groups is 4. The second kappa shape index (κ2) is 2.46. The minimum Gasteiger partial charge on any atom is -0.285 e. The molecule has 0 unspecified atom stereocenters. The molecular formula is C2H6N2O4. The molecule has 0 rings (SSSR count). The molecular weight excluding hydrogens is 116 g/mol. The van der Waals surface area contributed by atoms with Crippen LogP contribution in [-0.4, -0.2) is 39.0 Å². The van der Waals surface area contributed by atoms with Crippen molar-refractivity contribution in [2.24, 2.45) is 0 Å². The van der Waals surface area contributed by atoms with Gasteiger partial charge in [-0.1, -0.05) is 5.23 Å². The Morgan fingerprint density at radius 2 is 1.75 bits per heavy atom. The zero-order chi connectivity index (χ0) is 6.73. The van der Waals surface area contributed by atoms with E-state index in [1.807, 2.05) is 0 Å². The molecule has 0 aromatic rings. The van der Waals surface area contributed by atoms with E-state index in [4.69, 9.17) is 15.6 Å². The number of carbonyl (C=O) groups is 1. The molecule has 0 aromatic heterocycles. The number of urea groups is 1. The van der Waals surface area contributed by atoms with Crippen LogP contribution in [0.15, 0.2) is 0 Å². The molecule has 0 spiro atoms. The molecule has 0 aliphatic carbocycles. The van der Waals surface area contributed by atoms with Gasteiger partial charge in [-0.3, -0.25) is 15.6 Å². The van der Waals surface area contributed by atoms with Crippen molar-refractivity contribution in [2.45, 2.75) is 0 Å². The van der Waals surface area contributed by atoms with Crippen molar-refractivity contribution >= 4 is 6.03 Å². The van der Waals surface area contributed by atoms with E-state index in [1.54, 1.807) is 0 Å². The van der Waals surface area contributed by atoms with E-state index in [2.05, 4.69) is 0 Å². The summed E-state index contributed by atoms with van der Waals surface area (Å²) in [5.41, 5.74) is 0. The third-order valence-corrected chi connectivity index (χ3v) is 0.448. The summed E-state index contributed by atoms with van der Waals surface area (Å²) in [5, 5.41) is 23.1. The van der Waals surface area contributed by atoms with Crippen LogP contribution in [-0.2, 0) is 0 Å². The van der Waals surface area contributed by atoms with Gasteiger partial charge in [0.2, 0.25) is 0 Å². The highest BCUT2D eigenvalue weighted by Crippen LogP contribution is 1.82. The first-order valence-electron chi connectivity index (χ1n) is 1.70. The second-order valence-electron chi connectivity index (χ2n) is 1.10. The largest absolute Gasteiger partial charge is 0.392 e. The van der Waals surface area contributed by atoms with Crippen molar-refractivity contribution in [1.29, 1.82) is 0 Å². The Bertz CT molecular complexity index is 80.0. The van der Waals surface area contributed by atoms with E-state index in [1.165, 1.54) is 0 Å². The van der Waals surface area contributed by atoms with Crippen molar-refractivity contribution in [1.82, 2.24) is 10.3 Å². The minimum atomic E-state index is -1.31. The fourth-order valence-electron chi connectivity index (χ4n) is 0.129. The molecule has 6 heteroatoms. The molecule has 0 atom stereocenters. The summed E-state index contributed by atoms with van der Waals surface area (Å²) in [4.78, 5) is 9.94. The maximum atomic E-state index is 9.94. The Morgan fingerprint density at radius 3 is 1.75 bits per heavy atom. The Labute approximate surface area is 45.0 Å². The van der Waals surface area contributed by atoms with Gasteiger partial charge < -0.3 is 0 Å². The van der Waals surface area contributed by atoms with Gasteiger partial charge in [0.25, 0.3) is 0 Å². The van der Waals surface area contributed by atoms with Crippen LogP contribution in [0.3, 0.4) is 0 Å². The summed E-state index contributed by atoms with van der Waals surface area (Å²) in [5.74, 6) is 0. The highest BCUT2D eigenvalue weighted by molar-refractivity contribution is 5.69. The molecule has 8 heavy (non-hydrogen) atoms. The Balaban J connectivity index is 3.65. The molecule has 0 heterocycles. The van der Waals surface area contributed by atoms with Crippen LogP contribution in [0.1, 0.15) is 0 Å². The molecule has 3 N–H and O–H groups in total. The predicted octanol–water partition coefficient (Wildman–Crippen LogP) is -0.492. The van der Waals surface area contributed by atoms with E-state index >= 15 is 0 Å². The van der Waals surface area contributed by atoms with Gasteiger partial charge in [-0.25, -0.2) is 9.86 Å². The Hall–Kier alpha value is -0.850. The van der Waals surface area contributed by atoms with E-state index in [9.17, 15) is 4.79 Å². The first-order valence-corrected chi connectivity index (χ1v) is 1.70. The van der Waals surface area contributed by atoms with Crippen LogP contribution < -0.4 is 0 Å². The minimum absolute atomic E-state index is 0.0278. The highest BCUT2D eigenvalue weighted by Gasteiger charge is 2.09. The third kappa shape index (κ3) is 1.73. The number of hydrogen-bond acceptors (Lipinski definition) is 4. The topological polar surface area (TPSA) is 84.2 Å². The van der Waals surface area contributed by atoms with Gasteiger partial charge in [0.15, 0.2) is 0 Å². The van der Waals surface area contributed by atoms with Gasteiger partial charge in [-0.15, -0.1) is 0 Å². The zero-order valence-electron chi connectivity index (χ0n) is 4.14. The lowest BCUT2D eigenvalue weighted by Crippen LogP contribution is -2.34. The molecule has 0 aliphatic heterocycles. The summed E-state index contributed by atoms with van der Waals surface area (Å²) >= 11 is 0. The van der Waals surface area contributed by atoms with Gasteiger partial charge in [0.05, 0.1) is 0 Å². The fourth-order valence-corrected chi connectivity index (χ4v) is 0.129. The summed E-state index contributed by atoms with van der Waals surface area (Å²) in [6, 6.07) is -1.31. The molecule has 2 amide bonds. The number of rotatable bonds is 0. The van der Waals surface area contributed by atoms with Crippen LogP contribution >= 0.6 is 0 Å². The molecule has 0 saturated carbocycles.